The van der Waals surface area contributed by atoms with Gasteiger partial charge in [-0.15, -0.1) is 0 Å². The Hall–Kier alpha value is -0.790. The molecule has 11 heavy (non-hydrogen) atoms. The maximum atomic E-state index is 5.23. The van der Waals surface area contributed by atoms with Gasteiger partial charge in [-0.2, -0.15) is 0 Å². The van der Waals surface area contributed by atoms with Gasteiger partial charge < -0.3 is 4.42 Å². The van der Waals surface area contributed by atoms with Gasteiger partial charge in [0.1, 0.15) is 5.76 Å². The minimum Gasteiger partial charge on any atom is -0.448 e. The molecule has 0 fully saturated rings. The van der Waals surface area contributed by atoms with E-state index in [1.165, 1.54) is 6.39 Å². The third-order valence-corrected chi connectivity index (χ3v) is 1.67. The van der Waals surface area contributed by atoms with Crippen LogP contribution in [0.25, 0.3) is 0 Å². The lowest BCUT2D eigenvalue weighted by Crippen LogP contribution is -2.13. The maximum absolute atomic E-state index is 5.23. The van der Waals surface area contributed by atoms with Crippen molar-refractivity contribution in [3.63, 3.8) is 0 Å². The molecule has 2 heteroatoms. The summed E-state index contributed by atoms with van der Waals surface area (Å²) in [4.78, 5) is 4.19. The van der Waals surface area contributed by atoms with E-state index in [1.54, 1.807) is 0 Å². The summed E-state index contributed by atoms with van der Waals surface area (Å²) in [6.45, 7) is 8.51. The first kappa shape index (κ1) is 8.31. The third-order valence-electron chi connectivity index (χ3n) is 1.67. The topological polar surface area (TPSA) is 26.0 Å². The Morgan fingerprint density at radius 1 is 1.45 bits per heavy atom. The molecule has 0 aromatic carbocycles. The van der Waals surface area contributed by atoms with Crippen LogP contribution < -0.4 is 0 Å². The van der Waals surface area contributed by atoms with Crippen LogP contribution in [0.3, 0.4) is 0 Å². The lowest BCUT2D eigenvalue weighted by atomic mass is 9.90. The summed E-state index contributed by atoms with van der Waals surface area (Å²) in [6, 6.07) is 0. The van der Waals surface area contributed by atoms with Crippen LogP contribution in [0, 0.1) is 0 Å². The number of hydrogen-bond acceptors (Lipinski definition) is 2. The SMILES string of the molecule is CCc1ocnc1C(C)(C)C. The Labute approximate surface area is 67.6 Å². The second kappa shape index (κ2) is 2.68. The van der Waals surface area contributed by atoms with E-state index in [-0.39, 0.29) is 5.41 Å². The van der Waals surface area contributed by atoms with E-state index in [0.29, 0.717) is 0 Å². The van der Waals surface area contributed by atoms with Crippen molar-refractivity contribution in [2.45, 2.75) is 39.5 Å². The summed E-state index contributed by atoms with van der Waals surface area (Å²) >= 11 is 0. The zero-order chi connectivity index (χ0) is 8.48. The van der Waals surface area contributed by atoms with Gasteiger partial charge in [0.15, 0.2) is 6.39 Å². The zero-order valence-corrected chi connectivity index (χ0v) is 7.64. The van der Waals surface area contributed by atoms with E-state index >= 15 is 0 Å². The molecule has 0 spiro atoms. The number of nitrogens with zero attached hydrogens (tertiary/aromatic N) is 1. The molecule has 0 atom stereocenters. The monoisotopic (exact) mass is 153 g/mol. The standard InChI is InChI=1S/C9H15NO/c1-5-7-8(9(2,3)4)10-6-11-7/h6H,5H2,1-4H3. The van der Waals surface area contributed by atoms with Crippen molar-refractivity contribution in [2.75, 3.05) is 0 Å². The van der Waals surface area contributed by atoms with Gasteiger partial charge in [-0.3, -0.25) is 0 Å². The average molecular weight is 153 g/mol. The van der Waals surface area contributed by atoms with Crippen molar-refractivity contribution >= 4 is 0 Å². The first-order valence-corrected chi connectivity index (χ1v) is 3.98. The maximum Gasteiger partial charge on any atom is 0.181 e. The van der Waals surface area contributed by atoms with Crippen LogP contribution in [0.4, 0.5) is 0 Å². The van der Waals surface area contributed by atoms with Crippen molar-refractivity contribution in [1.82, 2.24) is 4.98 Å². The van der Waals surface area contributed by atoms with Gasteiger partial charge in [0.2, 0.25) is 0 Å². The molecule has 1 aromatic heterocycles. The van der Waals surface area contributed by atoms with Crippen LogP contribution >= 0.6 is 0 Å². The highest BCUT2D eigenvalue weighted by molar-refractivity contribution is 5.16. The van der Waals surface area contributed by atoms with Crippen molar-refractivity contribution in [3.8, 4) is 0 Å². The summed E-state index contributed by atoms with van der Waals surface area (Å²) in [6.07, 6.45) is 2.45. The highest BCUT2D eigenvalue weighted by atomic mass is 16.3. The van der Waals surface area contributed by atoms with Gasteiger partial charge in [-0.25, -0.2) is 4.98 Å². The van der Waals surface area contributed by atoms with Crippen LogP contribution in [0.5, 0.6) is 0 Å². The summed E-state index contributed by atoms with van der Waals surface area (Å²) < 4.78 is 5.23. The molecule has 2 nitrogen and oxygen atoms in total. The average Bonchev–Trinajstić information content (AvgIpc) is 2.31. The van der Waals surface area contributed by atoms with Crippen molar-refractivity contribution < 1.29 is 4.42 Å². The van der Waals surface area contributed by atoms with Crippen LogP contribution in [0.2, 0.25) is 0 Å². The molecule has 0 aliphatic carbocycles. The molecular formula is C9H15NO. The lowest BCUT2D eigenvalue weighted by Gasteiger charge is -2.15. The molecule has 0 amide bonds. The van der Waals surface area contributed by atoms with Gasteiger partial charge in [0.05, 0.1) is 5.69 Å². The van der Waals surface area contributed by atoms with Gasteiger partial charge in [-0.05, 0) is 0 Å². The van der Waals surface area contributed by atoms with E-state index in [0.717, 1.165) is 17.9 Å². The Morgan fingerprint density at radius 2 is 2.09 bits per heavy atom. The third kappa shape index (κ3) is 1.62. The molecule has 0 saturated heterocycles. The molecule has 1 rings (SSSR count). The first-order valence-electron chi connectivity index (χ1n) is 3.98. The molecule has 1 aromatic rings. The molecule has 0 radical (unpaired) electrons. The smallest absolute Gasteiger partial charge is 0.181 e. The van der Waals surface area contributed by atoms with E-state index < -0.39 is 0 Å². The number of rotatable bonds is 1. The van der Waals surface area contributed by atoms with Crippen LogP contribution in [-0.4, -0.2) is 4.98 Å². The highest BCUT2D eigenvalue weighted by Gasteiger charge is 2.20. The van der Waals surface area contributed by atoms with E-state index in [9.17, 15) is 0 Å². The Bertz CT molecular complexity index is 232. The molecule has 0 bridgehead atoms. The predicted octanol–water partition coefficient (Wildman–Crippen LogP) is 2.53. The molecule has 0 saturated carbocycles. The van der Waals surface area contributed by atoms with Gasteiger partial charge in [0.25, 0.3) is 0 Å². The second-order valence-electron chi connectivity index (χ2n) is 3.73. The Balaban J connectivity index is 3.02. The number of aryl methyl sites for hydroxylation is 1. The van der Waals surface area contributed by atoms with Gasteiger partial charge in [0, 0.05) is 11.8 Å². The van der Waals surface area contributed by atoms with Crippen LogP contribution in [0.1, 0.15) is 39.1 Å². The van der Waals surface area contributed by atoms with Crippen LogP contribution in [0.15, 0.2) is 10.8 Å². The first-order chi connectivity index (χ1) is 5.05. The molecular weight excluding hydrogens is 138 g/mol. The summed E-state index contributed by atoms with van der Waals surface area (Å²) in [5.74, 6) is 1.01. The fourth-order valence-electron chi connectivity index (χ4n) is 1.13. The van der Waals surface area contributed by atoms with E-state index in [2.05, 4.69) is 32.7 Å². The van der Waals surface area contributed by atoms with Crippen molar-refractivity contribution in [2.24, 2.45) is 0 Å². The molecule has 0 unspecified atom stereocenters. The quantitative estimate of drug-likeness (QED) is 0.619. The summed E-state index contributed by atoms with van der Waals surface area (Å²) in [5, 5.41) is 0. The number of oxazole rings is 1. The minimum absolute atomic E-state index is 0.109. The molecule has 0 aliphatic heterocycles. The van der Waals surface area contributed by atoms with E-state index in [4.69, 9.17) is 4.42 Å². The van der Waals surface area contributed by atoms with Crippen molar-refractivity contribution in [3.05, 3.63) is 17.8 Å². The van der Waals surface area contributed by atoms with Crippen LogP contribution in [-0.2, 0) is 11.8 Å². The fraction of sp³-hybridized carbons (Fsp3) is 0.667. The summed E-state index contributed by atoms with van der Waals surface area (Å²) in [5.41, 5.74) is 1.19. The summed E-state index contributed by atoms with van der Waals surface area (Å²) in [7, 11) is 0. The zero-order valence-electron chi connectivity index (χ0n) is 7.64. The number of aromatic nitrogens is 1. The fourth-order valence-corrected chi connectivity index (χ4v) is 1.13. The van der Waals surface area contributed by atoms with Gasteiger partial charge >= 0.3 is 0 Å². The van der Waals surface area contributed by atoms with Crippen molar-refractivity contribution in [1.29, 1.82) is 0 Å². The minimum atomic E-state index is 0.109. The van der Waals surface area contributed by atoms with E-state index in [1.807, 2.05) is 0 Å². The Kier molecular flexibility index (Phi) is 2.03. The molecule has 1 heterocycles. The molecule has 0 aliphatic rings. The predicted molar refractivity (Wildman–Crippen MR) is 44.6 cm³/mol. The largest absolute Gasteiger partial charge is 0.448 e. The molecule has 0 N–H and O–H groups in total. The normalized spacial score (nSPS) is 12.0. The molecule has 62 valence electrons. The Morgan fingerprint density at radius 3 is 2.45 bits per heavy atom. The lowest BCUT2D eigenvalue weighted by molar-refractivity contribution is 0.490. The second-order valence-corrected chi connectivity index (χ2v) is 3.73. The highest BCUT2D eigenvalue weighted by Crippen LogP contribution is 2.24. The number of hydrogen-bond donors (Lipinski definition) is 0. The van der Waals surface area contributed by atoms with Gasteiger partial charge in [-0.1, -0.05) is 27.7 Å².